The van der Waals surface area contributed by atoms with E-state index in [2.05, 4.69) is 16.6 Å². The van der Waals surface area contributed by atoms with Crippen LogP contribution in [-0.2, 0) is 9.59 Å². The van der Waals surface area contributed by atoms with Crippen LogP contribution in [0.5, 0.6) is 0 Å². The first-order chi connectivity index (χ1) is 8.41. The van der Waals surface area contributed by atoms with E-state index in [1.807, 2.05) is 0 Å². The van der Waals surface area contributed by atoms with Crippen LogP contribution in [0.15, 0.2) is 12.3 Å². The molecular weight excluding hydrogens is 232 g/mol. The number of aliphatic hydroxyl groups excluding tert-OH is 1. The van der Waals surface area contributed by atoms with E-state index in [0.717, 1.165) is 0 Å². The van der Waals surface area contributed by atoms with E-state index < -0.39 is 5.41 Å². The van der Waals surface area contributed by atoms with Gasteiger partial charge in [0.1, 0.15) is 0 Å². The fraction of sp³-hybridized carbons (Fsp3) is 0.538. The Morgan fingerprint density at radius 2 is 2.11 bits per heavy atom. The average Bonchev–Trinajstić information content (AvgIpc) is 2.28. The Morgan fingerprint density at radius 1 is 1.44 bits per heavy atom. The van der Waals surface area contributed by atoms with E-state index in [-0.39, 0.29) is 24.8 Å². The van der Waals surface area contributed by atoms with Gasteiger partial charge in [0.05, 0.1) is 0 Å². The highest BCUT2D eigenvalue weighted by Crippen LogP contribution is 2.18. The molecule has 0 aromatic rings. The van der Waals surface area contributed by atoms with Crippen LogP contribution in [-0.4, -0.2) is 30.1 Å². The summed E-state index contributed by atoms with van der Waals surface area (Å²) in [5, 5.41) is 14.0. The van der Waals surface area contributed by atoms with Crippen molar-refractivity contribution < 1.29 is 14.7 Å². The molecule has 0 unspecified atom stereocenters. The van der Waals surface area contributed by atoms with Crippen molar-refractivity contribution in [3.05, 3.63) is 12.3 Å². The minimum Gasteiger partial charge on any atom is -0.396 e. The average molecular weight is 252 g/mol. The molecule has 0 rings (SSSR count). The Morgan fingerprint density at radius 3 is 2.67 bits per heavy atom. The first kappa shape index (κ1) is 16.2. The topological polar surface area (TPSA) is 78.4 Å². The fourth-order valence-electron chi connectivity index (χ4n) is 1.07. The summed E-state index contributed by atoms with van der Waals surface area (Å²) in [4.78, 5) is 22.6. The van der Waals surface area contributed by atoms with Gasteiger partial charge >= 0.3 is 0 Å². The second-order valence-electron chi connectivity index (χ2n) is 4.65. The predicted octanol–water partition coefficient (Wildman–Crippen LogP) is 0.164. The highest BCUT2D eigenvalue weighted by molar-refractivity contribution is 5.88. The molecule has 0 bridgehead atoms. The van der Waals surface area contributed by atoms with Gasteiger partial charge < -0.3 is 15.7 Å². The molecule has 0 aliphatic heterocycles. The molecule has 0 spiro atoms. The Hall–Kier alpha value is -1.80. The number of hydrogen-bond donors (Lipinski definition) is 3. The number of rotatable bonds is 7. The van der Waals surface area contributed by atoms with Gasteiger partial charge in [-0.3, -0.25) is 9.59 Å². The van der Waals surface area contributed by atoms with Crippen LogP contribution >= 0.6 is 0 Å². The molecule has 0 fully saturated rings. The van der Waals surface area contributed by atoms with Crippen molar-refractivity contribution in [3.8, 4) is 12.3 Å². The summed E-state index contributed by atoms with van der Waals surface area (Å²) in [5.41, 5.74) is -0.465. The third-order valence-electron chi connectivity index (χ3n) is 2.11. The van der Waals surface area contributed by atoms with Gasteiger partial charge in [-0.1, -0.05) is 13.8 Å². The van der Waals surface area contributed by atoms with Crippen molar-refractivity contribution in [3.63, 3.8) is 0 Å². The summed E-state index contributed by atoms with van der Waals surface area (Å²) in [6, 6.07) is 0. The van der Waals surface area contributed by atoms with Crippen LogP contribution < -0.4 is 10.6 Å². The lowest BCUT2D eigenvalue weighted by molar-refractivity contribution is -0.122. The SMILES string of the molecule is C#CCCNC(=O)/C=C/NC(=O)CC(C)(C)CO. The van der Waals surface area contributed by atoms with Crippen LogP contribution in [0, 0.1) is 17.8 Å². The summed E-state index contributed by atoms with van der Waals surface area (Å²) in [6.07, 6.45) is 8.19. The fourth-order valence-corrected chi connectivity index (χ4v) is 1.07. The maximum Gasteiger partial charge on any atom is 0.245 e. The first-order valence-electron chi connectivity index (χ1n) is 5.69. The van der Waals surface area contributed by atoms with E-state index in [4.69, 9.17) is 11.5 Å². The molecule has 18 heavy (non-hydrogen) atoms. The zero-order valence-electron chi connectivity index (χ0n) is 10.8. The van der Waals surface area contributed by atoms with Gasteiger partial charge in [0, 0.05) is 38.3 Å². The summed E-state index contributed by atoms with van der Waals surface area (Å²) in [6.45, 7) is 3.90. The molecule has 100 valence electrons. The molecular formula is C13H20N2O3. The van der Waals surface area contributed by atoms with E-state index in [9.17, 15) is 9.59 Å². The van der Waals surface area contributed by atoms with Crippen molar-refractivity contribution in [1.82, 2.24) is 10.6 Å². The van der Waals surface area contributed by atoms with Crippen LogP contribution in [0.3, 0.4) is 0 Å². The van der Waals surface area contributed by atoms with Crippen molar-refractivity contribution >= 4 is 11.8 Å². The molecule has 0 radical (unpaired) electrons. The zero-order valence-corrected chi connectivity index (χ0v) is 10.8. The standard InChI is InChI=1S/C13H20N2O3/c1-4-5-7-14-11(17)6-8-15-12(18)9-13(2,3)10-16/h1,6,8,16H,5,7,9-10H2,2-3H3,(H,14,17)(H,15,18)/b8-6+. The lowest BCUT2D eigenvalue weighted by Crippen LogP contribution is -2.28. The molecule has 5 nitrogen and oxygen atoms in total. The zero-order chi connectivity index (χ0) is 14.0. The van der Waals surface area contributed by atoms with Gasteiger partial charge in [0.15, 0.2) is 0 Å². The molecule has 2 amide bonds. The van der Waals surface area contributed by atoms with Gasteiger partial charge in [-0.15, -0.1) is 12.3 Å². The summed E-state index contributed by atoms with van der Waals surface area (Å²) < 4.78 is 0. The molecule has 3 N–H and O–H groups in total. The third kappa shape index (κ3) is 8.36. The van der Waals surface area contributed by atoms with Crippen LogP contribution in [0.2, 0.25) is 0 Å². The Bertz CT molecular complexity index is 354. The normalized spacial score (nSPS) is 11.0. The van der Waals surface area contributed by atoms with Crippen molar-refractivity contribution in [2.75, 3.05) is 13.2 Å². The van der Waals surface area contributed by atoms with Crippen molar-refractivity contribution in [1.29, 1.82) is 0 Å². The third-order valence-corrected chi connectivity index (χ3v) is 2.11. The van der Waals surface area contributed by atoms with E-state index in [0.29, 0.717) is 13.0 Å². The Kier molecular flexibility index (Phi) is 7.48. The molecule has 5 heteroatoms. The van der Waals surface area contributed by atoms with E-state index in [1.54, 1.807) is 13.8 Å². The van der Waals surface area contributed by atoms with Crippen LogP contribution in [0.1, 0.15) is 26.7 Å². The van der Waals surface area contributed by atoms with E-state index in [1.165, 1.54) is 12.3 Å². The highest BCUT2D eigenvalue weighted by atomic mass is 16.3. The Balaban J connectivity index is 3.91. The van der Waals surface area contributed by atoms with Gasteiger partial charge in [0.25, 0.3) is 0 Å². The number of carbonyl (C=O) groups excluding carboxylic acids is 2. The number of nitrogens with one attached hydrogen (secondary N) is 2. The summed E-state index contributed by atoms with van der Waals surface area (Å²) in [5.74, 6) is 1.84. The maximum atomic E-state index is 11.4. The molecule has 0 heterocycles. The van der Waals surface area contributed by atoms with Crippen molar-refractivity contribution in [2.24, 2.45) is 5.41 Å². The highest BCUT2D eigenvalue weighted by Gasteiger charge is 2.20. The molecule has 0 atom stereocenters. The van der Waals surface area contributed by atoms with Crippen molar-refractivity contribution in [2.45, 2.75) is 26.7 Å². The molecule has 0 aliphatic rings. The number of hydrogen-bond acceptors (Lipinski definition) is 3. The van der Waals surface area contributed by atoms with E-state index >= 15 is 0 Å². The smallest absolute Gasteiger partial charge is 0.245 e. The molecule has 0 saturated heterocycles. The van der Waals surface area contributed by atoms with Crippen LogP contribution in [0.25, 0.3) is 0 Å². The molecule has 0 aliphatic carbocycles. The Labute approximate surface area is 108 Å². The molecule has 0 aromatic carbocycles. The van der Waals surface area contributed by atoms with Crippen LogP contribution in [0.4, 0.5) is 0 Å². The quantitative estimate of drug-likeness (QED) is 0.343. The number of terminal acetylenes is 1. The maximum absolute atomic E-state index is 11.4. The second-order valence-corrected chi connectivity index (χ2v) is 4.65. The summed E-state index contributed by atoms with van der Waals surface area (Å²) >= 11 is 0. The lowest BCUT2D eigenvalue weighted by atomic mass is 9.90. The minimum absolute atomic E-state index is 0.0727. The van der Waals surface area contributed by atoms with Gasteiger partial charge in [0.2, 0.25) is 11.8 Å². The molecule has 0 aromatic heterocycles. The number of aliphatic hydroxyl groups is 1. The number of carbonyl (C=O) groups is 2. The number of amides is 2. The minimum atomic E-state index is -0.465. The lowest BCUT2D eigenvalue weighted by Gasteiger charge is -2.19. The first-order valence-corrected chi connectivity index (χ1v) is 5.69. The molecule has 0 saturated carbocycles. The predicted molar refractivity (Wildman–Crippen MR) is 69.2 cm³/mol. The monoisotopic (exact) mass is 252 g/mol. The largest absolute Gasteiger partial charge is 0.396 e. The van der Waals surface area contributed by atoms with Gasteiger partial charge in [-0.2, -0.15) is 0 Å². The van der Waals surface area contributed by atoms with Gasteiger partial charge in [-0.05, 0) is 5.41 Å². The second kappa shape index (κ2) is 8.31. The van der Waals surface area contributed by atoms with Gasteiger partial charge in [-0.25, -0.2) is 0 Å². The summed E-state index contributed by atoms with van der Waals surface area (Å²) in [7, 11) is 0.